The van der Waals surface area contributed by atoms with Crippen LogP contribution in [0.25, 0.3) is 0 Å². The van der Waals surface area contributed by atoms with E-state index >= 15 is 0 Å². The fraction of sp³-hybridized carbons (Fsp3) is 0.125. The Morgan fingerprint density at radius 3 is 2.65 bits per heavy atom. The third kappa shape index (κ3) is 5.04. The Labute approximate surface area is 163 Å². The summed E-state index contributed by atoms with van der Waals surface area (Å²) in [5.74, 6) is -0.404. The van der Waals surface area contributed by atoms with Gasteiger partial charge in [0.25, 0.3) is 5.91 Å². The minimum atomic E-state index is -0.404. The molecule has 0 aliphatic carbocycles. The number of amides is 1. The molecular formula is C16H13Cl2IN2OS. The van der Waals surface area contributed by atoms with Crippen LogP contribution in [-0.4, -0.2) is 11.0 Å². The standard InChI is InChI=1S/C16H13Cl2IN2OS/c1-2-9-7-11(19)4-6-14(9)20-16(23)21-15(22)12-8-10(17)3-5-13(12)18/h3-8H,2H2,1H3,(H2,20,21,22,23). The first kappa shape index (κ1) is 18.4. The van der Waals surface area contributed by atoms with E-state index in [-0.39, 0.29) is 10.7 Å². The predicted octanol–water partition coefficient (Wildman–Crippen LogP) is 5.29. The van der Waals surface area contributed by atoms with Crippen molar-refractivity contribution in [2.24, 2.45) is 0 Å². The van der Waals surface area contributed by atoms with Crippen LogP contribution in [0, 0.1) is 3.57 Å². The Bertz CT molecular complexity index is 768. The number of carbonyl (C=O) groups is 1. The predicted molar refractivity (Wildman–Crippen MR) is 109 cm³/mol. The van der Waals surface area contributed by atoms with Gasteiger partial charge in [0.15, 0.2) is 5.11 Å². The van der Waals surface area contributed by atoms with Gasteiger partial charge in [-0.15, -0.1) is 0 Å². The van der Waals surface area contributed by atoms with Crippen LogP contribution >= 0.6 is 58.0 Å². The van der Waals surface area contributed by atoms with E-state index in [0.717, 1.165) is 21.2 Å². The summed E-state index contributed by atoms with van der Waals surface area (Å²) in [5, 5.41) is 6.62. The number of carbonyl (C=O) groups excluding carboxylic acids is 1. The number of nitrogens with one attached hydrogen (secondary N) is 2. The molecule has 0 aliphatic heterocycles. The summed E-state index contributed by atoms with van der Waals surface area (Å²) in [4.78, 5) is 12.2. The molecule has 23 heavy (non-hydrogen) atoms. The smallest absolute Gasteiger partial charge is 0.258 e. The molecule has 2 aromatic carbocycles. The number of halogens is 3. The average molecular weight is 479 g/mol. The maximum absolute atomic E-state index is 12.2. The van der Waals surface area contributed by atoms with Crippen LogP contribution in [-0.2, 0) is 6.42 Å². The Morgan fingerprint density at radius 1 is 1.22 bits per heavy atom. The molecule has 0 spiro atoms. The quantitative estimate of drug-likeness (QED) is 0.465. The zero-order chi connectivity index (χ0) is 17.0. The lowest BCUT2D eigenvalue weighted by Gasteiger charge is -2.13. The zero-order valence-corrected chi connectivity index (χ0v) is 16.6. The van der Waals surface area contributed by atoms with Gasteiger partial charge in [0.1, 0.15) is 0 Å². The SMILES string of the molecule is CCc1cc(I)ccc1NC(=S)NC(=O)c1cc(Cl)ccc1Cl. The lowest BCUT2D eigenvalue weighted by molar-refractivity contribution is 0.0978. The molecule has 0 saturated carbocycles. The summed E-state index contributed by atoms with van der Waals surface area (Å²) < 4.78 is 1.14. The lowest BCUT2D eigenvalue weighted by atomic mass is 10.1. The van der Waals surface area contributed by atoms with Crippen LogP contribution < -0.4 is 10.6 Å². The van der Waals surface area contributed by atoms with Gasteiger partial charge in [-0.05, 0) is 83.2 Å². The molecular weight excluding hydrogens is 466 g/mol. The van der Waals surface area contributed by atoms with Crippen molar-refractivity contribution >= 4 is 74.7 Å². The van der Waals surface area contributed by atoms with Gasteiger partial charge in [-0.1, -0.05) is 30.1 Å². The number of benzene rings is 2. The first-order valence-electron chi connectivity index (χ1n) is 6.76. The Kier molecular flexibility index (Phi) is 6.64. The molecule has 0 saturated heterocycles. The van der Waals surface area contributed by atoms with Crippen LogP contribution in [0.4, 0.5) is 5.69 Å². The van der Waals surface area contributed by atoms with E-state index in [9.17, 15) is 4.79 Å². The van der Waals surface area contributed by atoms with Crippen molar-refractivity contribution in [1.82, 2.24) is 5.32 Å². The highest BCUT2D eigenvalue weighted by molar-refractivity contribution is 14.1. The molecule has 7 heteroatoms. The fourth-order valence-corrected chi connectivity index (χ4v) is 3.11. The van der Waals surface area contributed by atoms with Gasteiger partial charge in [0, 0.05) is 14.3 Å². The van der Waals surface area contributed by atoms with Gasteiger partial charge in [-0.3, -0.25) is 10.1 Å². The lowest BCUT2D eigenvalue weighted by Crippen LogP contribution is -2.34. The molecule has 2 rings (SSSR count). The Morgan fingerprint density at radius 2 is 1.96 bits per heavy atom. The van der Waals surface area contributed by atoms with E-state index in [1.807, 2.05) is 12.1 Å². The molecule has 3 nitrogen and oxygen atoms in total. The number of thiocarbonyl (C=S) groups is 1. The van der Waals surface area contributed by atoms with E-state index in [4.69, 9.17) is 35.4 Å². The Balaban J connectivity index is 2.10. The minimum absolute atomic E-state index is 0.210. The number of aryl methyl sites for hydroxylation is 1. The van der Waals surface area contributed by atoms with Crippen molar-refractivity contribution in [3.8, 4) is 0 Å². The molecule has 0 radical (unpaired) electrons. The summed E-state index contributed by atoms with van der Waals surface area (Å²) in [5.41, 5.74) is 2.27. The van der Waals surface area contributed by atoms with Gasteiger partial charge in [0.05, 0.1) is 10.6 Å². The first-order chi connectivity index (χ1) is 10.9. The van der Waals surface area contributed by atoms with E-state index in [1.165, 1.54) is 6.07 Å². The zero-order valence-electron chi connectivity index (χ0n) is 12.1. The summed E-state index contributed by atoms with van der Waals surface area (Å²) >= 11 is 19.4. The van der Waals surface area contributed by atoms with Crippen molar-refractivity contribution in [1.29, 1.82) is 0 Å². The second-order valence-electron chi connectivity index (χ2n) is 4.69. The van der Waals surface area contributed by atoms with Gasteiger partial charge in [-0.25, -0.2) is 0 Å². The number of anilines is 1. The first-order valence-corrected chi connectivity index (χ1v) is 9.00. The normalized spacial score (nSPS) is 10.3. The molecule has 0 bridgehead atoms. The molecule has 120 valence electrons. The van der Waals surface area contributed by atoms with E-state index in [1.54, 1.807) is 12.1 Å². The Hall–Kier alpha value is -0.890. The topological polar surface area (TPSA) is 41.1 Å². The van der Waals surface area contributed by atoms with Crippen LogP contribution in [0.3, 0.4) is 0 Å². The third-order valence-electron chi connectivity index (χ3n) is 3.10. The van der Waals surface area contributed by atoms with E-state index in [0.29, 0.717) is 10.0 Å². The van der Waals surface area contributed by atoms with Crippen molar-refractivity contribution < 1.29 is 4.79 Å². The highest BCUT2D eigenvalue weighted by atomic mass is 127. The molecule has 0 aromatic heterocycles. The number of hydrogen-bond donors (Lipinski definition) is 2. The highest BCUT2D eigenvalue weighted by Gasteiger charge is 2.13. The highest BCUT2D eigenvalue weighted by Crippen LogP contribution is 2.21. The van der Waals surface area contributed by atoms with E-state index < -0.39 is 5.91 Å². The average Bonchev–Trinajstić information content (AvgIpc) is 2.51. The van der Waals surface area contributed by atoms with Gasteiger partial charge < -0.3 is 5.32 Å². The molecule has 0 atom stereocenters. The maximum Gasteiger partial charge on any atom is 0.258 e. The number of rotatable bonds is 3. The van der Waals surface area contributed by atoms with Crippen molar-refractivity contribution in [3.05, 3.63) is 61.1 Å². The summed E-state index contributed by atoms with van der Waals surface area (Å²) in [6.07, 6.45) is 0.857. The van der Waals surface area contributed by atoms with Crippen molar-refractivity contribution in [2.75, 3.05) is 5.32 Å². The van der Waals surface area contributed by atoms with Crippen molar-refractivity contribution in [2.45, 2.75) is 13.3 Å². The molecule has 0 unspecified atom stereocenters. The number of hydrogen-bond acceptors (Lipinski definition) is 2. The summed E-state index contributed by atoms with van der Waals surface area (Å²) in [7, 11) is 0. The summed E-state index contributed by atoms with van der Waals surface area (Å²) in [6.45, 7) is 2.06. The van der Waals surface area contributed by atoms with Gasteiger partial charge in [0.2, 0.25) is 0 Å². The fourth-order valence-electron chi connectivity index (χ4n) is 1.97. The van der Waals surface area contributed by atoms with Crippen LogP contribution in [0.5, 0.6) is 0 Å². The molecule has 0 fully saturated rings. The maximum atomic E-state index is 12.2. The van der Waals surface area contributed by atoms with Gasteiger partial charge in [-0.2, -0.15) is 0 Å². The monoisotopic (exact) mass is 478 g/mol. The second-order valence-corrected chi connectivity index (χ2v) is 7.18. The molecule has 0 aliphatic rings. The minimum Gasteiger partial charge on any atom is -0.332 e. The molecule has 1 amide bonds. The van der Waals surface area contributed by atoms with Crippen LogP contribution in [0.15, 0.2) is 36.4 Å². The van der Waals surface area contributed by atoms with Crippen molar-refractivity contribution in [3.63, 3.8) is 0 Å². The van der Waals surface area contributed by atoms with Crippen LogP contribution in [0.2, 0.25) is 10.0 Å². The largest absolute Gasteiger partial charge is 0.332 e. The van der Waals surface area contributed by atoms with Gasteiger partial charge >= 0.3 is 0 Å². The van der Waals surface area contributed by atoms with E-state index in [2.05, 4.69) is 46.2 Å². The van der Waals surface area contributed by atoms with Crippen LogP contribution in [0.1, 0.15) is 22.8 Å². The summed E-state index contributed by atoms with van der Waals surface area (Å²) in [6, 6.07) is 10.7. The second kappa shape index (κ2) is 8.28. The molecule has 2 N–H and O–H groups in total. The molecule has 0 heterocycles. The molecule has 2 aromatic rings. The third-order valence-corrected chi connectivity index (χ3v) is 4.54.